The van der Waals surface area contributed by atoms with Crippen LogP contribution in [0.25, 0.3) is 10.2 Å². The van der Waals surface area contributed by atoms with Crippen LogP contribution in [0.5, 0.6) is 0 Å². The third kappa shape index (κ3) is 4.90. The molecule has 0 radical (unpaired) electrons. The van der Waals surface area contributed by atoms with Crippen LogP contribution in [0.3, 0.4) is 0 Å². The van der Waals surface area contributed by atoms with Crippen molar-refractivity contribution in [3.8, 4) is 0 Å². The monoisotopic (exact) mass is 491 g/mol. The second kappa shape index (κ2) is 9.50. The number of rotatable bonds is 4. The van der Waals surface area contributed by atoms with Crippen molar-refractivity contribution in [1.82, 2.24) is 19.6 Å². The number of benzene rings is 2. The minimum atomic E-state index is -0.271. The number of hydrogen-bond donors (Lipinski definition) is 1. The number of anilines is 1. The molecule has 1 aliphatic heterocycles. The van der Waals surface area contributed by atoms with Gasteiger partial charge in [-0.15, -0.1) is 11.3 Å². The molecule has 0 saturated carbocycles. The second-order valence-corrected chi connectivity index (χ2v) is 9.81. The zero-order valence-corrected chi connectivity index (χ0v) is 20.4. The van der Waals surface area contributed by atoms with Crippen LogP contribution in [-0.2, 0) is 6.54 Å². The SMILES string of the molecule is Cc1cccc(NC(=O)N2CCN(C(=O)c3cc4c(C)nn(Cc5ccc(F)cc5)c4s3)CC2)c1. The van der Waals surface area contributed by atoms with Gasteiger partial charge in [0.1, 0.15) is 10.6 Å². The predicted octanol–water partition coefficient (Wildman–Crippen LogP) is 4.89. The van der Waals surface area contributed by atoms with Crippen LogP contribution in [0.2, 0.25) is 0 Å². The van der Waals surface area contributed by atoms with E-state index in [9.17, 15) is 14.0 Å². The number of piperazine rings is 1. The Morgan fingerprint density at radius 2 is 1.71 bits per heavy atom. The lowest BCUT2D eigenvalue weighted by atomic mass is 10.2. The Morgan fingerprint density at radius 1 is 1.00 bits per heavy atom. The molecule has 9 heteroatoms. The zero-order chi connectivity index (χ0) is 24.5. The molecule has 0 bridgehead atoms. The molecular weight excluding hydrogens is 465 g/mol. The summed E-state index contributed by atoms with van der Waals surface area (Å²) < 4.78 is 15.1. The first-order chi connectivity index (χ1) is 16.9. The summed E-state index contributed by atoms with van der Waals surface area (Å²) in [5.41, 5.74) is 3.65. The van der Waals surface area contributed by atoms with Crippen LogP contribution < -0.4 is 5.32 Å². The highest BCUT2D eigenvalue weighted by Crippen LogP contribution is 2.30. The zero-order valence-electron chi connectivity index (χ0n) is 19.6. The van der Waals surface area contributed by atoms with Crippen LogP contribution in [0.15, 0.2) is 54.6 Å². The molecule has 2 aromatic heterocycles. The molecule has 0 unspecified atom stereocenters. The number of hydrogen-bond acceptors (Lipinski definition) is 4. The van der Waals surface area contributed by atoms with Gasteiger partial charge in [-0.2, -0.15) is 5.10 Å². The van der Waals surface area contributed by atoms with Crippen molar-refractivity contribution in [2.24, 2.45) is 0 Å². The van der Waals surface area contributed by atoms with E-state index in [4.69, 9.17) is 0 Å². The fourth-order valence-corrected chi connectivity index (χ4v) is 5.41. The van der Waals surface area contributed by atoms with E-state index in [-0.39, 0.29) is 17.8 Å². The van der Waals surface area contributed by atoms with Crippen molar-refractivity contribution in [1.29, 1.82) is 0 Å². The van der Waals surface area contributed by atoms with E-state index in [2.05, 4.69) is 10.4 Å². The topological polar surface area (TPSA) is 70.5 Å². The van der Waals surface area contributed by atoms with Crippen LogP contribution >= 0.6 is 11.3 Å². The lowest BCUT2D eigenvalue weighted by molar-refractivity contribution is 0.0676. The molecule has 35 heavy (non-hydrogen) atoms. The van der Waals surface area contributed by atoms with Gasteiger partial charge in [-0.05, 0) is 55.3 Å². The molecule has 5 rings (SSSR count). The fraction of sp³-hybridized carbons (Fsp3) is 0.269. The minimum absolute atomic E-state index is 0.0299. The van der Waals surface area contributed by atoms with Gasteiger partial charge in [-0.3, -0.25) is 9.48 Å². The lowest BCUT2D eigenvalue weighted by Gasteiger charge is -2.34. The number of aryl methyl sites for hydroxylation is 2. The minimum Gasteiger partial charge on any atom is -0.334 e. The normalized spacial score (nSPS) is 13.9. The highest BCUT2D eigenvalue weighted by Gasteiger charge is 2.27. The van der Waals surface area contributed by atoms with E-state index in [1.165, 1.54) is 23.5 Å². The summed E-state index contributed by atoms with van der Waals surface area (Å²) in [4.78, 5) is 31.0. The van der Waals surface area contributed by atoms with Crippen LogP contribution in [-0.4, -0.2) is 57.7 Å². The molecule has 1 N–H and O–H groups in total. The third-order valence-corrected chi connectivity index (χ3v) is 7.32. The Hall–Kier alpha value is -3.72. The summed E-state index contributed by atoms with van der Waals surface area (Å²) in [7, 11) is 0. The number of aromatic nitrogens is 2. The number of carbonyl (C=O) groups excluding carboxylic acids is 2. The summed E-state index contributed by atoms with van der Waals surface area (Å²) in [6.45, 7) is 6.33. The number of urea groups is 1. The first-order valence-corrected chi connectivity index (χ1v) is 12.3. The summed E-state index contributed by atoms with van der Waals surface area (Å²) >= 11 is 1.42. The van der Waals surface area contributed by atoms with Crippen molar-refractivity contribution >= 4 is 39.2 Å². The number of thiophene rings is 1. The van der Waals surface area contributed by atoms with E-state index < -0.39 is 0 Å². The van der Waals surface area contributed by atoms with Crippen molar-refractivity contribution in [2.45, 2.75) is 20.4 Å². The summed E-state index contributed by atoms with van der Waals surface area (Å²) in [5.74, 6) is -0.301. The molecule has 180 valence electrons. The Kier molecular flexibility index (Phi) is 6.25. The Morgan fingerprint density at radius 3 is 2.43 bits per heavy atom. The van der Waals surface area contributed by atoms with E-state index in [1.54, 1.807) is 21.9 Å². The van der Waals surface area contributed by atoms with Crippen molar-refractivity contribution in [3.63, 3.8) is 0 Å². The Balaban J connectivity index is 1.24. The van der Waals surface area contributed by atoms with Crippen LogP contribution in [0.4, 0.5) is 14.9 Å². The Bertz CT molecular complexity index is 1390. The molecule has 0 aliphatic carbocycles. The molecule has 1 saturated heterocycles. The van der Waals surface area contributed by atoms with Gasteiger partial charge < -0.3 is 15.1 Å². The molecule has 1 fully saturated rings. The first-order valence-electron chi connectivity index (χ1n) is 11.5. The fourth-order valence-electron chi connectivity index (χ4n) is 4.28. The molecule has 1 aliphatic rings. The van der Waals surface area contributed by atoms with Crippen molar-refractivity contribution in [2.75, 3.05) is 31.5 Å². The van der Waals surface area contributed by atoms with Gasteiger partial charge in [0.2, 0.25) is 0 Å². The van der Waals surface area contributed by atoms with Gasteiger partial charge in [0.15, 0.2) is 0 Å². The number of halogens is 1. The number of nitrogens with zero attached hydrogens (tertiary/aromatic N) is 4. The highest BCUT2D eigenvalue weighted by atomic mass is 32.1. The van der Waals surface area contributed by atoms with E-state index in [0.29, 0.717) is 37.6 Å². The summed E-state index contributed by atoms with van der Waals surface area (Å²) in [6, 6.07) is 15.8. The molecule has 3 heterocycles. The number of nitrogens with one attached hydrogen (secondary N) is 1. The van der Waals surface area contributed by atoms with Crippen LogP contribution in [0, 0.1) is 19.7 Å². The van der Waals surface area contributed by atoms with Gasteiger partial charge >= 0.3 is 6.03 Å². The van der Waals surface area contributed by atoms with Crippen molar-refractivity contribution < 1.29 is 14.0 Å². The first kappa shape index (κ1) is 23.0. The summed E-state index contributed by atoms with van der Waals surface area (Å²) in [6.07, 6.45) is 0. The maximum absolute atomic E-state index is 13.2. The van der Waals surface area contributed by atoms with E-state index in [0.717, 1.165) is 32.7 Å². The van der Waals surface area contributed by atoms with Crippen LogP contribution in [0.1, 0.15) is 26.5 Å². The highest BCUT2D eigenvalue weighted by molar-refractivity contribution is 7.20. The van der Waals surface area contributed by atoms with Gasteiger partial charge in [-0.1, -0.05) is 24.3 Å². The summed E-state index contributed by atoms with van der Waals surface area (Å²) in [5, 5.41) is 8.50. The smallest absolute Gasteiger partial charge is 0.321 e. The number of amides is 3. The van der Waals surface area contributed by atoms with Gasteiger partial charge in [0.25, 0.3) is 5.91 Å². The molecule has 0 spiro atoms. The van der Waals surface area contributed by atoms with Gasteiger partial charge in [-0.25, -0.2) is 9.18 Å². The molecule has 3 amide bonds. The molecule has 0 atom stereocenters. The maximum atomic E-state index is 13.2. The largest absolute Gasteiger partial charge is 0.334 e. The third-order valence-electron chi connectivity index (χ3n) is 6.19. The van der Waals surface area contributed by atoms with Crippen molar-refractivity contribution in [3.05, 3.63) is 82.1 Å². The maximum Gasteiger partial charge on any atom is 0.321 e. The molecule has 4 aromatic rings. The molecular formula is C26H26FN5O2S. The molecule has 2 aromatic carbocycles. The second-order valence-electron chi connectivity index (χ2n) is 8.78. The number of carbonyl (C=O) groups is 2. The Labute approximate surface area is 206 Å². The lowest BCUT2D eigenvalue weighted by Crippen LogP contribution is -2.51. The van der Waals surface area contributed by atoms with Gasteiger partial charge in [0.05, 0.1) is 17.1 Å². The average molecular weight is 492 g/mol. The van der Waals surface area contributed by atoms with Gasteiger partial charge in [0, 0.05) is 37.3 Å². The number of fused-ring (bicyclic) bond motifs is 1. The molecule has 7 nitrogen and oxygen atoms in total. The predicted molar refractivity (Wildman–Crippen MR) is 136 cm³/mol. The standard InChI is InChI=1S/C26H26FN5O2S/c1-17-4-3-5-21(14-17)28-26(34)31-12-10-30(11-13-31)24(33)23-15-22-18(2)29-32(25(22)35-23)16-19-6-8-20(27)9-7-19/h3-9,14-15H,10-13,16H2,1-2H3,(H,28,34). The quantitative estimate of drug-likeness (QED) is 0.442. The average Bonchev–Trinajstić information content (AvgIpc) is 3.41. The van der Waals surface area contributed by atoms with E-state index in [1.807, 2.05) is 48.9 Å². The van der Waals surface area contributed by atoms with E-state index >= 15 is 0 Å².